The molecule has 0 bridgehead atoms. The Balaban J connectivity index is 1.67. The minimum Gasteiger partial charge on any atom is -0.332 e. The first-order chi connectivity index (χ1) is 12.9. The quantitative estimate of drug-likeness (QED) is 0.503. The predicted molar refractivity (Wildman–Crippen MR) is 119 cm³/mol. The first kappa shape index (κ1) is 19.3. The first-order valence-electron chi connectivity index (χ1n) is 8.48. The standard InChI is InChI=1S/C22H19BrN2OS/c1-14-12-19(23)13-15(2)20(14)24-22(27)25-21(26)18-10-8-17(9-11-18)16-6-4-3-5-7-16/h3-13H,1-2H3,(H2,24,25,26,27). The smallest absolute Gasteiger partial charge is 0.257 e. The third kappa shape index (κ3) is 4.81. The molecule has 3 rings (SSSR count). The third-order valence-electron chi connectivity index (χ3n) is 4.22. The number of amides is 1. The lowest BCUT2D eigenvalue weighted by molar-refractivity contribution is 0.0978. The zero-order chi connectivity index (χ0) is 19.4. The number of aryl methyl sites for hydroxylation is 2. The summed E-state index contributed by atoms with van der Waals surface area (Å²) in [5.74, 6) is -0.237. The molecular weight excluding hydrogens is 420 g/mol. The molecule has 2 N–H and O–H groups in total. The van der Waals surface area contributed by atoms with Gasteiger partial charge in [-0.15, -0.1) is 0 Å². The largest absolute Gasteiger partial charge is 0.332 e. The summed E-state index contributed by atoms with van der Waals surface area (Å²) in [6, 6.07) is 21.5. The van der Waals surface area contributed by atoms with Crippen molar-refractivity contribution in [2.45, 2.75) is 13.8 Å². The van der Waals surface area contributed by atoms with E-state index < -0.39 is 0 Å². The van der Waals surface area contributed by atoms with Crippen LogP contribution < -0.4 is 10.6 Å². The molecule has 0 aliphatic carbocycles. The van der Waals surface area contributed by atoms with Crippen molar-refractivity contribution < 1.29 is 4.79 Å². The van der Waals surface area contributed by atoms with Crippen molar-refractivity contribution >= 4 is 44.9 Å². The van der Waals surface area contributed by atoms with Crippen molar-refractivity contribution in [3.8, 4) is 11.1 Å². The van der Waals surface area contributed by atoms with E-state index in [-0.39, 0.29) is 11.0 Å². The van der Waals surface area contributed by atoms with Crippen molar-refractivity contribution in [3.63, 3.8) is 0 Å². The van der Waals surface area contributed by atoms with E-state index in [0.717, 1.165) is 32.4 Å². The molecule has 3 aromatic carbocycles. The van der Waals surface area contributed by atoms with Crippen molar-refractivity contribution in [3.05, 3.63) is 87.9 Å². The van der Waals surface area contributed by atoms with E-state index in [0.29, 0.717) is 5.56 Å². The Bertz CT molecular complexity index is 962. The van der Waals surface area contributed by atoms with Gasteiger partial charge >= 0.3 is 0 Å². The van der Waals surface area contributed by atoms with Crippen molar-refractivity contribution in [1.82, 2.24) is 5.32 Å². The summed E-state index contributed by atoms with van der Waals surface area (Å²) in [5, 5.41) is 6.14. The van der Waals surface area contributed by atoms with Crippen LogP contribution in [0.2, 0.25) is 0 Å². The van der Waals surface area contributed by atoms with Gasteiger partial charge in [-0.2, -0.15) is 0 Å². The van der Waals surface area contributed by atoms with E-state index in [1.54, 1.807) is 12.1 Å². The Kier molecular flexibility index (Phi) is 6.04. The minimum atomic E-state index is -0.237. The van der Waals surface area contributed by atoms with Crippen LogP contribution in [0.4, 0.5) is 5.69 Å². The number of hydrogen-bond acceptors (Lipinski definition) is 2. The topological polar surface area (TPSA) is 41.1 Å². The second-order valence-electron chi connectivity index (χ2n) is 6.27. The highest BCUT2D eigenvalue weighted by Gasteiger charge is 2.11. The van der Waals surface area contributed by atoms with E-state index in [4.69, 9.17) is 12.2 Å². The molecule has 0 spiro atoms. The lowest BCUT2D eigenvalue weighted by Gasteiger charge is -2.15. The Morgan fingerprint density at radius 3 is 2.04 bits per heavy atom. The van der Waals surface area contributed by atoms with Crippen molar-refractivity contribution in [2.75, 3.05) is 5.32 Å². The number of anilines is 1. The van der Waals surface area contributed by atoms with Gasteiger partial charge in [0.25, 0.3) is 5.91 Å². The maximum Gasteiger partial charge on any atom is 0.257 e. The van der Waals surface area contributed by atoms with E-state index in [1.807, 2.05) is 68.4 Å². The molecular formula is C22H19BrN2OS. The highest BCUT2D eigenvalue weighted by Crippen LogP contribution is 2.25. The normalized spacial score (nSPS) is 10.3. The highest BCUT2D eigenvalue weighted by molar-refractivity contribution is 9.10. The zero-order valence-electron chi connectivity index (χ0n) is 15.0. The summed E-state index contributed by atoms with van der Waals surface area (Å²) in [6.45, 7) is 3.99. The number of halogens is 1. The molecule has 0 unspecified atom stereocenters. The molecule has 3 nitrogen and oxygen atoms in total. The van der Waals surface area contributed by atoms with Crippen LogP contribution in [0, 0.1) is 13.8 Å². The van der Waals surface area contributed by atoms with Crippen LogP contribution in [0.25, 0.3) is 11.1 Å². The summed E-state index contributed by atoms with van der Waals surface area (Å²) in [4.78, 5) is 12.5. The molecule has 0 saturated carbocycles. The average Bonchev–Trinajstić information content (AvgIpc) is 2.65. The van der Waals surface area contributed by atoms with Crippen LogP contribution in [0.3, 0.4) is 0 Å². The van der Waals surface area contributed by atoms with Crippen LogP contribution >= 0.6 is 28.1 Å². The van der Waals surface area contributed by atoms with E-state index in [1.165, 1.54) is 0 Å². The fourth-order valence-electron chi connectivity index (χ4n) is 2.87. The number of carbonyl (C=O) groups excluding carboxylic acids is 1. The van der Waals surface area contributed by atoms with Crippen LogP contribution in [0.15, 0.2) is 71.2 Å². The average molecular weight is 439 g/mol. The molecule has 0 saturated heterocycles. The Hall–Kier alpha value is -2.50. The van der Waals surface area contributed by atoms with Gasteiger partial charge in [0.05, 0.1) is 0 Å². The molecule has 0 aromatic heterocycles. The second kappa shape index (κ2) is 8.46. The van der Waals surface area contributed by atoms with E-state index >= 15 is 0 Å². The minimum absolute atomic E-state index is 0.237. The van der Waals surface area contributed by atoms with Gasteiger partial charge in [-0.3, -0.25) is 10.1 Å². The van der Waals surface area contributed by atoms with Crippen LogP contribution in [0.5, 0.6) is 0 Å². The lowest BCUT2D eigenvalue weighted by Crippen LogP contribution is -2.34. The number of nitrogens with one attached hydrogen (secondary N) is 2. The van der Waals surface area contributed by atoms with Gasteiger partial charge in [0, 0.05) is 15.7 Å². The molecule has 1 amide bonds. The zero-order valence-corrected chi connectivity index (χ0v) is 17.4. The van der Waals surface area contributed by atoms with Gasteiger partial charge in [-0.25, -0.2) is 0 Å². The number of thiocarbonyl (C=S) groups is 1. The molecule has 3 aromatic rings. The molecule has 136 valence electrons. The van der Waals surface area contributed by atoms with E-state index in [9.17, 15) is 4.79 Å². The Morgan fingerprint density at radius 1 is 0.889 bits per heavy atom. The Morgan fingerprint density at radius 2 is 1.44 bits per heavy atom. The third-order valence-corrected chi connectivity index (χ3v) is 4.88. The molecule has 0 aliphatic rings. The van der Waals surface area contributed by atoms with Gasteiger partial charge < -0.3 is 5.32 Å². The SMILES string of the molecule is Cc1cc(Br)cc(C)c1NC(=S)NC(=O)c1ccc(-c2ccccc2)cc1. The molecule has 0 aliphatic heterocycles. The van der Waals surface area contributed by atoms with E-state index in [2.05, 4.69) is 26.6 Å². The molecule has 0 heterocycles. The number of benzene rings is 3. The fourth-order valence-corrected chi connectivity index (χ4v) is 3.75. The molecule has 0 atom stereocenters. The van der Waals surface area contributed by atoms with Gasteiger partial charge in [-0.05, 0) is 72.6 Å². The van der Waals surface area contributed by atoms with Crippen LogP contribution in [-0.4, -0.2) is 11.0 Å². The summed E-state index contributed by atoms with van der Waals surface area (Å²) in [6.07, 6.45) is 0. The summed E-state index contributed by atoms with van der Waals surface area (Å²) in [7, 11) is 0. The van der Waals surface area contributed by atoms with Gasteiger partial charge in [0.15, 0.2) is 5.11 Å². The number of rotatable bonds is 3. The monoisotopic (exact) mass is 438 g/mol. The van der Waals surface area contributed by atoms with Crippen LogP contribution in [0.1, 0.15) is 21.5 Å². The molecule has 0 radical (unpaired) electrons. The fraction of sp³-hybridized carbons (Fsp3) is 0.0909. The Labute approximate surface area is 172 Å². The van der Waals surface area contributed by atoms with Crippen molar-refractivity contribution in [1.29, 1.82) is 0 Å². The summed E-state index contributed by atoms with van der Waals surface area (Å²) < 4.78 is 1.01. The predicted octanol–water partition coefficient (Wildman–Crippen LogP) is 5.86. The van der Waals surface area contributed by atoms with Crippen LogP contribution in [-0.2, 0) is 0 Å². The summed E-state index contributed by atoms with van der Waals surface area (Å²) >= 11 is 8.79. The number of carbonyl (C=O) groups is 1. The molecule has 0 fully saturated rings. The lowest BCUT2D eigenvalue weighted by atomic mass is 10.0. The maximum absolute atomic E-state index is 12.5. The summed E-state index contributed by atoms with van der Waals surface area (Å²) in [5.41, 5.74) is 5.74. The van der Waals surface area contributed by atoms with Gasteiger partial charge in [0.1, 0.15) is 0 Å². The number of hydrogen-bond donors (Lipinski definition) is 2. The molecule has 27 heavy (non-hydrogen) atoms. The molecule has 5 heteroatoms. The van der Waals surface area contributed by atoms with Crippen molar-refractivity contribution in [2.24, 2.45) is 0 Å². The maximum atomic E-state index is 12.5. The van der Waals surface area contributed by atoms with Gasteiger partial charge in [-0.1, -0.05) is 58.4 Å². The second-order valence-corrected chi connectivity index (χ2v) is 7.59. The van der Waals surface area contributed by atoms with Gasteiger partial charge in [0.2, 0.25) is 0 Å². The highest BCUT2D eigenvalue weighted by atomic mass is 79.9. The first-order valence-corrected chi connectivity index (χ1v) is 9.69.